The largest absolute Gasteiger partial charge is 0.493 e. The highest BCUT2D eigenvalue weighted by Crippen LogP contribution is 2.54. The molecule has 1 aliphatic rings. The van der Waals surface area contributed by atoms with Gasteiger partial charge in [-0.2, -0.15) is 17.6 Å². The molecule has 2 aromatic heterocycles. The van der Waals surface area contributed by atoms with Gasteiger partial charge in [-0.25, -0.2) is 4.39 Å². The number of halogens is 5. The lowest BCUT2D eigenvalue weighted by molar-refractivity contribution is -0.223. The van der Waals surface area contributed by atoms with E-state index in [0.29, 0.717) is 0 Å². The number of nitrogens with zero attached hydrogens (tertiary/aromatic N) is 1. The van der Waals surface area contributed by atoms with Crippen LogP contribution in [0.2, 0.25) is 0 Å². The SMILES string of the molecule is COc1c([C@H]2[C@@H](C)[C@@H](C(F)(F)F)O[C@@H]2c2cc(=O)c3c(C(N)=O)nccc3[nH]2)ccc(F)c1F. The number of amides is 1. The van der Waals surface area contributed by atoms with Crippen molar-refractivity contribution in [1.82, 2.24) is 9.97 Å². The van der Waals surface area contributed by atoms with Gasteiger partial charge in [0.25, 0.3) is 5.91 Å². The first-order chi connectivity index (χ1) is 16.0. The van der Waals surface area contributed by atoms with Gasteiger partial charge in [0.2, 0.25) is 5.82 Å². The van der Waals surface area contributed by atoms with Crippen LogP contribution in [0.15, 0.2) is 35.3 Å². The molecule has 0 aliphatic carbocycles. The Balaban J connectivity index is 1.94. The second kappa shape index (κ2) is 8.35. The highest BCUT2D eigenvalue weighted by atomic mass is 19.4. The number of methoxy groups -OCH3 is 1. The Bertz CT molecular complexity index is 1340. The fraction of sp³-hybridized carbons (Fsp3) is 0.318. The average Bonchev–Trinajstić information content (AvgIpc) is 3.12. The van der Waals surface area contributed by atoms with Gasteiger partial charge in [0.15, 0.2) is 23.1 Å². The summed E-state index contributed by atoms with van der Waals surface area (Å²) in [4.78, 5) is 31.1. The van der Waals surface area contributed by atoms with E-state index in [2.05, 4.69) is 9.97 Å². The summed E-state index contributed by atoms with van der Waals surface area (Å²) in [7, 11) is 1.06. The van der Waals surface area contributed by atoms with Crippen LogP contribution in [0.1, 0.15) is 40.7 Å². The molecule has 1 amide bonds. The number of benzene rings is 1. The third kappa shape index (κ3) is 3.77. The van der Waals surface area contributed by atoms with Gasteiger partial charge in [0, 0.05) is 35.4 Å². The number of hydrogen-bond acceptors (Lipinski definition) is 5. The van der Waals surface area contributed by atoms with Crippen LogP contribution in [-0.2, 0) is 4.74 Å². The molecular weight excluding hydrogens is 465 g/mol. The van der Waals surface area contributed by atoms with Crippen LogP contribution >= 0.6 is 0 Å². The fourth-order valence-corrected chi connectivity index (χ4v) is 4.50. The molecule has 7 nitrogen and oxygen atoms in total. The summed E-state index contributed by atoms with van der Waals surface area (Å²) < 4.78 is 79.9. The van der Waals surface area contributed by atoms with E-state index < -0.39 is 58.9 Å². The van der Waals surface area contributed by atoms with Crippen molar-refractivity contribution < 1.29 is 36.2 Å². The number of alkyl halides is 3. The lowest BCUT2D eigenvalue weighted by Crippen LogP contribution is -2.33. The Morgan fingerprint density at radius 3 is 2.56 bits per heavy atom. The zero-order valence-corrected chi connectivity index (χ0v) is 17.7. The zero-order chi connectivity index (χ0) is 24.9. The summed E-state index contributed by atoms with van der Waals surface area (Å²) in [5.41, 5.74) is 4.20. The lowest BCUT2D eigenvalue weighted by atomic mass is 9.81. The van der Waals surface area contributed by atoms with Gasteiger partial charge in [-0.3, -0.25) is 14.6 Å². The van der Waals surface area contributed by atoms with Crippen molar-refractivity contribution in [3.63, 3.8) is 0 Å². The van der Waals surface area contributed by atoms with E-state index in [0.717, 1.165) is 25.3 Å². The number of fused-ring (bicyclic) bond motifs is 1. The normalized spacial score (nSPS) is 22.8. The van der Waals surface area contributed by atoms with E-state index >= 15 is 0 Å². The molecule has 4 rings (SSSR count). The number of rotatable bonds is 4. The first-order valence-electron chi connectivity index (χ1n) is 10.0. The lowest BCUT2D eigenvalue weighted by Gasteiger charge is -2.24. The van der Waals surface area contributed by atoms with E-state index in [9.17, 15) is 31.5 Å². The molecule has 3 N–H and O–H groups in total. The van der Waals surface area contributed by atoms with Gasteiger partial charge in [-0.15, -0.1) is 0 Å². The number of aromatic nitrogens is 2. The number of H-pyrrole nitrogens is 1. The van der Waals surface area contributed by atoms with Crippen LogP contribution in [-0.4, -0.2) is 35.3 Å². The molecule has 34 heavy (non-hydrogen) atoms. The first-order valence-corrected chi connectivity index (χ1v) is 10.0. The number of nitrogens with two attached hydrogens (primary N) is 1. The Hall–Kier alpha value is -3.54. The first kappa shape index (κ1) is 23.6. The van der Waals surface area contributed by atoms with Gasteiger partial charge in [-0.1, -0.05) is 13.0 Å². The number of nitrogens with one attached hydrogen (secondary N) is 1. The van der Waals surface area contributed by atoms with Crippen molar-refractivity contribution in [2.45, 2.75) is 31.2 Å². The highest BCUT2D eigenvalue weighted by Gasteiger charge is 2.56. The minimum absolute atomic E-state index is 0.0563. The van der Waals surface area contributed by atoms with Crippen molar-refractivity contribution in [1.29, 1.82) is 0 Å². The molecule has 0 unspecified atom stereocenters. The Morgan fingerprint density at radius 2 is 1.94 bits per heavy atom. The monoisotopic (exact) mass is 483 g/mol. The highest BCUT2D eigenvalue weighted by molar-refractivity contribution is 6.03. The van der Waals surface area contributed by atoms with Gasteiger partial charge in [0.05, 0.1) is 18.0 Å². The third-order valence-corrected chi connectivity index (χ3v) is 5.93. The van der Waals surface area contributed by atoms with Crippen molar-refractivity contribution in [2.24, 2.45) is 11.7 Å². The molecule has 180 valence electrons. The molecule has 0 bridgehead atoms. The number of aromatic amines is 1. The molecule has 3 heterocycles. The van der Waals surface area contributed by atoms with Crippen molar-refractivity contribution in [3.8, 4) is 5.75 Å². The predicted molar refractivity (Wildman–Crippen MR) is 109 cm³/mol. The number of ether oxygens (including phenoxy) is 2. The van der Waals surface area contributed by atoms with Gasteiger partial charge in [-0.05, 0) is 12.1 Å². The number of primary amides is 1. The Labute approximate surface area is 188 Å². The van der Waals surface area contributed by atoms with E-state index in [4.69, 9.17) is 15.2 Å². The van der Waals surface area contributed by atoms with Crippen LogP contribution in [0.25, 0.3) is 10.9 Å². The average molecular weight is 483 g/mol. The summed E-state index contributed by atoms with van der Waals surface area (Å²) in [6.45, 7) is 1.26. The second-order valence-corrected chi connectivity index (χ2v) is 7.92. The summed E-state index contributed by atoms with van der Waals surface area (Å²) in [6.07, 6.45) is -7.26. The maximum atomic E-state index is 14.4. The van der Waals surface area contributed by atoms with E-state index in [1.54, 1.807) is 0 Å². The van der Waals surface area contributed by atoms with Crippen LogP contribution in [0, 0.1) is 17.6 Å². The van der Waals surface area contributed by atoms with Crippen LogP contribution < -0.4 is 15.9 Å². The fourth-order valence-electron chi connectivity index (χ4n) is 4.50. The summed E-state index contributed by atoms with van der Waals surface area (Å²) >= 11 is 0. The molecule has 1 saturated heterocycles. The predicted octanol–water partition coefficient (Wildman–Crippen LogP) is 3.73. The molecule has 4 atom stereocenters. The van der Waals surface area contributed by atoms with E-state index in [1.807, 2.05) is 0 Å². The molecule has 0 spiro atoms. The number of carbonyl (C=O) groups is 1. The van der Waals surface area contributed by atoms with Gasteiger partial charge in [0.1, 0.15) is 11.8 Å². The Morgan fingerprint density at radius 1 is 1.24 bits per heavy atom. The standard InChI is InChI=1S/C22H18F5N3O4/c1-8-14(9-3-4-10(23)16(24)18(9)33-2)19(34-20(8)22(25,26)27)12-7-13(31)15-11(30-12)5-6-29-17(15)21(28)32/h3-8,14,19-20H,1-2H3,(H2,28,32)(H,30,31)/t8-,14-,19-,20+/m1/s1. The summed E-state index contributed by atoms with van der Waals surface area (Å²) in [6, 6.07) is 4.24. The maximum Gasteiger partial charge on any atom is 0.414 e. The maximum absolute atomic E-state index is 14.4. The topological polar surface area (TPSA) is 107 Å². The van der Waals surface area contributed by atoms with Crippen molar-refractivity contribution in [3.05, 3.63) is 69.3 Å². The van der Waals surface area contributed by atoms with Gasteiger partial charge >= 0.3 is 6.18 Å². The number of carbonyl (C=O) groups excluding carboxylic acids is 1. The number of pyridine rings is 2. The molecule has 1 fully saturated rings. The second-order valence-electron chi connectivity index (χ2n) is 7.92. The smallest absolute Gasteiger partial charge is 0.414 e. The third-order valence-electron chi connectivity index (χ3n) is 5.93. The van der Waals surface area contributed by atoms with Crippen LogP contribution in [0.5, 0.6) is 5.75 Å². The minimum atomic E-state index is -4.78. The molecular formula is C22H18F5N3O4. The van der Waals surface area contributed by atoms with Crippen molar-refractivity contribution >= 4 is 16.8 Å². The molecule has 12 heteroatoms. The van der Waals surface area contributed by atoms with Gasteiger partial charge < -0.3 is 20.2 Å². The zero-order valence-electron chi connectivity index (χ0n) is 17.7. The van der Waals surface area contributed by atoms with E-state index in [-0.39, 0.29) is 27.9 Å². The molecule has 0 saturated carbocycles. The minimum Gasteiger partial charge on any atom is -0.493 e. The molecule has 3 aromatic rings. The summed E-state index contributed by atoms with van der Waals surface area (Å²) in [5.74, 6) is -6.55. The number of hydrogen-bond donors (Lipinski definition) is 2. The molecule has 1 aromatic carbocycles. The van der Waals surface area contributed by atoms with Crippen LogP contribution in [0.4, 0.5) is 22.0 Å². The molecule has 0 radical (unpaired) electrons. The Kier molecular flexibility index (Phi) is 5.80. The van der Waals surface area contributed by atoms with Crippen LogP contribution in [0.3, 0.4) is 0 Å². The summed E-state index contributed by atoms with van der Waals surface area (Å²) in [5, 5.41) is -0.140. The quantitative estimate of drug-likeness (QED) is 0.550. The van der Waals surface area contributed by atoms with E-state index in [1.165, 1.54) is 19.2 Å². The van der Waals surface area contributed by atoms with Crippen molar-refractivity contribution in [2.75, 3.05) is 7.11 Å². The molecule has 1 aliphatic heterocycles.